The van der Waals surface area contributed by atoms with Crippen LogP contribution in [-0.2, 0) is 9.53 Å². The molecule has 0 radical (unpaired) electrons. The largest absolute Gasteiger partial charge is 0.462 e. The summed E-state index contributed by atoms with van der Waals surface area (Å²) in [5.41, 5.74) is 2.22. The Kier molecular flexibility index (Phi) is 6.68. The fourth-order valence-electron chi connectivity index (χ4n) is 9.10. The lowest BCUT2D eigenvalue weighted by atomic mass is 9.46. The number of ether oxygens (including phenoxy) is 1. The first-order valence-electron chi connectivity index (χ1n) is 13.5. The van der Waals surface area contributed by atoms with Gasteiger partial charge in [0.25, 0.3) is 0 Å². The van der Waals surface area contributed by atoms with Crippen molar-refractivity contribution in [1.29, 1.82) is 0 Å². The van der Waals surface area contributed by atoms with Crippen LogP contribution in [0.2, 0.25) is 0 Å². The summed E-state index contributed by atoms with van der Waals surface area (Å²) in [6, 6.07) is 0. The van der Waals surface area contributed by atoms with Crippen molar-refractivity contribution in [2.75, 3.05) is 0 Å². The third-order valence-corrected chi connectivity index (χ3v) is 10.6. The van der Waals surface area contributed by atoms with Crippen molar-refractivity contribution < 1.29 is 9.53 Å². The van der Waals surface area contributed by atoms with Gasteiger partial charge in [0, 0.05) is 12.3 Å². The second kappa shape index (κ2) is 8.86. The smallest absolute Gasteiger partial charge is 0.302 e. The summed E-state index contributed by atoms with van der Waals surface area (Å²) >= 11 is 0. The summed E-state index contributed by atoms with van der Waals surface area (Å²) in [7, 11) is 0. The molecule has 0 amide bonds. The zero-order valence-electron chi connectivity index (χ0n) is 21.2. The molecule has 2 nitrogen and oxygen atoms in total. The van der Waals surface area contributed by atoms with Crippen LogP contribution in [0.4, 0.5) is 0 Å². The van der Waals surface area contributed by atoms with Crippen molar-refractivity contribution in [3.05, 3.63) is 11.6 Å². The molecule has 176 valence electrons. The molecule has 0 aromatic heterocycles. The van der Waals surface area contributed by atoms with Crippen LogP contribution >= 0.6 is 0 Å². The van der Waals surface area contributed by atoms with Crippen molar-refractivity contribution in [2.45, 2.75) is 118 Å². The fourth-order valence-corrected chi connectivity index (χ4v) is 9.10. The van der Waals surface area contributed by atoms with Gasteiger partial charge < -0.3 is 4.74 Å². The predicted octanol–water partition coefficient (Wildman–Crippen LogP) is 7.96. The van der Waals surface area contributed by atoms with Gasteiger partial charge in [0.1, 0.15) is 6.10 Å². The molecule has 0 N–H and O–H groups in total. The highest BCUT2D eigenvalue weighted by Gasteiger charge is 2.61. The molecule has 31 heavy (non-hydrogen) atoms. The van der Waals surface area contributed by atoms with Crippen LogP contribution in [0.1, 0.15) is 112 Å². The average Bonchev–Trinajstić information content (AvgIpc) is 3.05. The maximum atomic E-state index is 11.9. The molecular weight excluding hydrogens is 380 g/mol. The summed E-state index contributed by atoms with van der Waals surface area (Å²) < 4.78 is 5.99. The summed E-state index contributed by atoms with van der Waals surface area (Å²) in [6.07, 6.45) is 17.2. The third kappa shape index (κ3) is 4.04. The minimum absolute atomic E-state index is 0.0785. The summed E-state index contributed by atoms with van der Waals surface area (Å²) in [6.45, 7) is 14.0. The zero-order valence-corrected chi connectivity index (χ0v) is 21.2. The first kappa shape index (κ1) is 23.4. The summed E-state index contributed by atoms with van der Waals surface area (Å²) in [4.78, 5) is 11.9. The predicted molar refractivity (Wildman–Crippen MR) is 129 cm³/mol. The number of allylic oxidation sites excluding steroid dienone is 1. The summed E-state index contributed by atoms with van der Waals surface area (Å²) in [5.74, 6) is 4.85. The molecule has 0 aromatic rings. The van der Waals surface area contributed by atoms with E-state index >= 15 is 0 Å². The molecule has 3 fully saturated rings. The number of fused-ring (bicyclic) bond motifs is 5. The Balaban J connectivity index is 1.53. The van der Waals surface area contributed by atoms with Gasteiger partial charge >= 0.3 is 5.97 Å². The average molecular weight is 429 g/mol. The molecule has 3 saturated carbocycles. The second-order valence-corrected chi connectivity index (χ2v) is 12.6. The van der Waals surface area contributed by atoms with Gasteiger partial charge in [-0.05, 0) is 92.3 Å². The Labute approximate surface area is 192 Å². The van der Waals surface area contributed by atoms with Gasteiger partial charge in [-0.25, -0.2) is 0 Å². The second-order valence-electron chi connectivity index (χ2n) is 12.6. The molecule has 0 saturated heterocycles. The first-order chi connectivity index (χ1) is 14.7. The lowest BCUT2D eigenvalue weighted by molar-refractivity contribution is -0.162. The van der Waals surface area contributed by atoms with Crippen LogP contribution in [0.5, 0.6) is 0 Å². The Morgan fingerprint density at radius 3 is 2.58 bits per heavy atom. The maximum Gasteiger partial charge on any atom is 0.302 e. The van der Waals surface area contributed by atoms with Crippen LogP contribution in [-0.4, -0.2) is 12.1 Å². The van der Waals surface area contributed by atoms with E-state index in [0.29, 0.717) is 11.3 Å². The SMILES string of the molecule is CC(=O)OC1CCCC2=CC[C@H]3[C@@H]4CC[C@H]([C@H](C)CCCC(C)C)[C@@]4(C)CC[C@@H]3[C@]21C. The lowest BCUT2D eigenvalue weighted by Crippen LogP contribution is -2.55. The molecule has 1 unspecified atom stereocenters. The van der Waals surface area contributed by atoms with E-state index in [1.165, 1.54) is 64.2 Å². The molecule has 0 aromatic carbocycles. The van der Waals surface area contributed by atoms with E-state index in [-0.39, 0.29) is 17.5 Å². The van der Waals surface area contributed by atoms with E-state index in [4.69, 9.17) is 4.74 Å². The Morgan fingerprint density at radius 1 is 1.10 bits per heavy atom. The Bertz CT molecular complexity index is 693. The Morgan fingerprint density at radius 2 is 1.87 bits per heavy atom. The monoisotopic (exact) mass is 428 g/mol. The van der Waals surface area contributed by atoms with E-state index in [1.54, 1.807) is 12.5 Å². The maximum absolute atomic E-state index is 11.9. The molecule has 8 atom stereocenters. The fraction of sp³-hybridized carbons (Fsp3) is 0.897. The molecule has 4 aliphatic carbocycles. The highest BCUT2D eigenvalue weighted by Crippen LogP contribution is 2.67. The van der Waals surface area contributed by atoms with Crippen LogP contribution < -0.4 is 0 Å². The van der Waals surface area contributed by atoms with E-state index in [1.807, 2.05) is 0 Å². The number of hydrogen-bond acceptors (Lipinski definition) is 2. The zero-order chi connectivity index (χ0) is 22.4. The molecule has 0 spiro atoms. The number of esters is 1. The number of carbonyl (C=O) groups excluding carboxylic acids is 1. The highest BCUT2D eigenvalue weighted by molar-refractivity contribution is 5.66. The molecule has 4 aliphatic rings. The van der Waals surface area contributed by atoms with Gasteiger partial charge in [0.15, 0.2) is 0 Å². The number of hydrogen-bond donors (Lipinski definition) is 0. The molecule has 4 rings (SSSR count). The summed E-state index contributed by atoms with van der Waals surface area (Å²) in [5, 5.41) is 0. The molecule has 0 bridgehead atoms. The van der Waals surface area contributed by atoms with Gasteiger partial charge in [-0.1, -0.05) is 65.5 Å². The van der Waals surface area contributed by atoms with Crippen molar-refractivity contribution in [1.82, 2.24) is 0 Å². The lowest BCUT2D eigenvalue weighted by Gasteiger charge is -2.59. The minimum atomic E-state index is -0.0913. The third-order valence-electron chi connectivity index (χ3n) is 10.6. The van der Waals surface area contributed by atoms with Crippen LogP contribution in [0.15, 0.2) is 11.6 Å². The Hall–Kier alpha value is -0.790. The van der Waals surface area contributed by atoms with Gasteiger partial charge in [-0.3, -0.25) is 4.79 Å². The van der Waals surface area contributed by atoms with Crippen molar-refractivity contribution in [3.8, 4) is 0 Å². The van der Waals surface area contributed by atoms with Gasteiger partial charge in [-0.15, -0.1) is 0 Å². The van der Waals surface area contributed by atoms with E-state index in [0.717, 1.165) is 36.0 Å². The van der Waals surface area contributed by atoms with Crippen molar-refractivity contribution in [3.63, 3.8) is 0 Å². The van der Waals surface area contributed by atoms with Gasteiger partial charge in [0.05, 0.1) is 0 Å². The van der Waals surface area contributed by atoms with Crippen LogP contribution in [0.25, 0.3) is 0 Å². The van der Waals surface area contributed by atoms with Crippen LogP contribution in [0.3, 0.4) is 0 Å². The number of rotatable bonds is 6. The topological polar surface area (TPSA) is 26.3 Å². The first-order valence-corrected chi connectivity index (χ1v) is 13.5. The molecule has 0 heterocycles. The normalized spacial score (nSPS) is 42.9. The van der Waals surface area contributed by atoms with Gasteiger partial charge in [-0.2, -0.15) is 0 Å². The van der Waals surface area contributed by atoms with Crippen molar-refractivity contribution in [2.24, 2.45) is 46.3 Å². The van der Waals surface area contributed by atoms with Gasteiger partial charge in [0.2, 0.25) is 0 Å². The standard InChI is InChI=1S/C29H48O2/c1-19(2)9-7-10-20(3)24-15-16-25-23-14-13-22-11-8-12-27(31-21(4)30)29(22,6)26(23)17-18-28(24,25)5/h13,19-20,23-27H,7-12,14-18H2,1-6H3/t20-,23+,24-,25+,26+,27?,28-,29+/m1/s1. The molecule has 2 heteroatoms. The quantitative estimate of drug-likeness (QED) is 0.317. The van der Waals surface area contributed by atoms with E-state index in [9.17, 15) is 4.79 Å². The molecule has 0 aliphatic heterocycles. The highest BCUT2D eigenvalue weighted by atomic mass is 16.5. The van der Waals surface area contributed by atoms with Crippen LogP contribution in [0, 0.1) is 46.3 Å². The molecular formula is C29H48O2. The van der Waals surface area contributed by atoms with Crippen molar-refractivity contribution >= 4 is 5.97 Å². The number of carbonyl (C=O) groups is 1. The van der Waals surface area contributed by atoms with E-state index in [2.05, 4.69) is 40.7 Å². The minimum Gasteiger partial charge on any atom is -0.462 e. The van der Waals surface area contributed by atoms with E-state index < -0.39 is 0 Å².